The van der Waals surface area contributed by atoms with Crippen molar-refractivity contribution in [1.29, 1.82) is 0 Å². The van der Waals surface area contributed by atoms with E-state index >= 15 is 0 Å². The number of aromatic nitrogens is 1. The first-order valence-corrected chi connectivity index (χ1v) is 6.27. The number of halogens is 1. The molecule has 0 saturated carbocycles. The predicted octanol–water partition coefficient (Wildman–Crippen LogP) is 2.87. The molecule has 0 radical (unpaired) electrons. The highest BCUT2D eigenvalue weighted by molar-refractivity contribution is 9.10. The molecule has 4 heteroatoms. The maximum atomic E-state index is 8.87. The quantitative estimate of drug-likeness (QED) is 0.858. The molecule has 0 aliphatic carbocycles. The Morgan fingerprint density at radius 1 is 1.64 bits per heavy atom. The highest BCUT2D eigenvalue weighted by Gasteiger charge is 2.03. The SMILES string of the molecule is Cc1cc(SCC(C)CO)ncc1Br. The van der Waals surface area contributed by atoms with Crippen LogP contribution < -0.4 is 0 Å². The van der Waals surface area contributed by atoms with Crippen molar-refractivity contribution in [2.24, 2.45) is 5.92 Å². The van der Waals surface area contributed by atoms with Gasteiger partial charge in [0.15, 0.2) is 0 Å². The molecule has 0 bridgehead atoms. The minimum absolute atomic E-state index is 0.239. The van der Waals surface area contributed by atoms with Gasteiger partial charge < -0.3 is 5.11 Å². The maximum absolute atomic E-state index is 8.87. The Kier molecular flexibility index (Phi) is 4.92. The van der Waals surface area contributed by atoms with Gasteiger partial charge in [-0.1, -0.05) is 6.92 Å². The molecule has 78 valence electrons. The Morgan fingerprint density at radius 2 is 2.36 bits per heavy atom. The fourth-order valence-electron chi connectivity index (χ4n) is 0.873. The van der Waals surface area contributed by atoms with Crippen LogP contribution in [0.3, 0.4) is 0 Å². The third-order valence-electron chi connectivity index (χ3n) is 1.85. The predicted molar refractivity (Wildman–Crippen MR) is 63.6 cm³/mol. The Morgan fingerprint density at radius 3 is 2.93 bits per heavy atom. The summed E-state index contributed by atoms with van der Waals surface area (Å²) in [5.74, 6) is 1.23. The van der Waals surface area contributed by atoms with Crippen LogP contribution in [-0.2, 0) is 0 Å². The maximum Gasteiger partial charge on any atom is 0.0963 e. The van der Waals surface area contributed by atoms with Crippen LogP contribution in [0.15, 0.2) is 21.8 Å². The number of aliphatic hydroxyl groups excluding tert-OH is 1. The van der Waals surface area contributed by atoms with Gasteiger partial charge in [-0.3, -0.25) is 0 Å². The molecule has 0 fully saturated rings. The number of pyridine rings is 1. The molecule has 1 N–H and O–H groups in total. The van der Waals surface area contributed by atoms with Crippen LogP contribution in [-0.4, -0.2) is 22.5 Å². The largest absolute Gasteiger partial charge is 0.396 e. The minimum atomic E-state index is 0.239. The summed E-state index contributed by atoms with van der Waals surface area (Å²) < 4.78 is 1.04. The van der Waals surface area contributed by atoms with Gasteiger partial charge in [-0.05, 0) is 40.4 Å². The van der Waals surface area contributed by atoms with Crippen LogP contribution in [0.1, 0.15) is 12.5 Å². The smallest absolute Gasteiger partial charge is 0.0963 e. The highest BCUT2D eigenvalue weighted by Crippen LogP contribution is 2.22. The average molecular weight is 276 g/mol. The minimum Gasteiger partial charge on any atom is -0.396 e. The van der Waals surface area contributed by atoms with Gasteiger partial charge in [-0.15, -0.1) is 11.8 Å². The van der Waals surface area contributed by atoms with Crippen LogP contribution in [0.4, 0.5) is 0 Å². The topological polar surface area (TPSA) is 33.1 Å². The summed E-state index contributed by atoms with van der Waals surface area (Å²) in [4.78, 5) is 4.28. The first-order valence-electron chi connectivity index (χ1n) is 4.49. The van der Waals surface area contributed by atoms with Gasteiger partial charge in [0.05, 0.1) is 5.03 Å². The Labute approximate surface area is 97.3 Å². The van der Waals surface area contributed by atoms with Gasteiger partial charge in [0.2, 0.25) is 0 Å². The molecule has 1 rings (SSSR count). The van der Waals surface area contributed by atoms with Gasteiger partial charge in [0.25, 0.3) is 0 Å². The van der Waals surface area contributed by atoms with E-state index in [1.807, 2.05) is 20.0 Å². The van der Waals surface area contributed by atoms with Crippen molar-refractivity contribution >= 4 is 27.7 Å². The molecular formula is C10H14BrNOS. The lowest BCUT2D eigenvalue weighted by atomic mass is 10.2. The number of hydrogen-bond acceptors (Lipinski definition) is 3. The van der Waals surface area contributed by atoms with Crippen molar-refractivity contribution in [2.45, 2.75) is 18.9 Å². The first-order chi connectivity index (χ1) is 6.63. The van der Waals surface area contributed by atoms with E-state index < -0.39 is 0 Å². The summed E-state index contributed by atoms with van der Waals surface area (Å²) in [5.41, 5.74) is 1.19. The molecule has 1 aromatic heterocycles. The Balaban J connectivity index is 2.55. The summed E-state index contributed by atoms with van der Waals surface area (Å²) in [5, 5.41) is 9.89. The van der Waals surface area contributed by atoms with E-state index in [9.17, 15) is 0 Å². The van der Waals surface area contributed by atoms with E-state index in [0.717, 1.165) is 15.3 Å². The summed E-state index contributed by atoms with van der Waals surface area (Å²) in [7, 11) is 0. The van der Waals surface area contributed by atoms with Gasteiger partial charge in [0, 0.05) is 23.0 Å². The molecule has 2 nitrogen and oxygen atoms in total. The zero-order valence-corrected chi connectivity index (χ0v) is 10.7. The fourth-order valence-corrected chi connectivity index (χ4v) is 2.04. The van der Waals surface area contributed by atoms with Crippen LogP contribution >= 0.6 is 27.7 Å². The zero-order chi connectivity index (χ0) is 10.6. The normalized spacial score (nSPS) is 12.9. The van der Waals surface area contributed by atoms with E-state index in [4.69, 9.17) is 5.11 Å². The molecule has 0 aliphatic rings. The molecule has 0 spiro atoms. The number of rotatable bonds is 4. The van der Waals surface area contributed by atoms with E-state index in [0.29, 0.717) is 5.92 Å². The number of aryl methyl sites for hydroxylation is 1. The van der Waals surface area contributed by atoms with Crippen LogP contribution in [0.5, 0.6) is 0 Å². The molecule has 0 aliphatic heterocycles. The van der Waals surface area contributed by atoms with Gasteiger partial charge >= 0.3 is 0 Å². The van der Waals surface area contributed by atoms with Crippen molar-refractivity contribution in [3.63, 3.8) is 0 Å². The summed E-state index contributed by atoms with van der Waals surface area (Å²) in [6.45, 7) is 4.31. The highest BCUT2D eigenvalue weighted by atomic mass is 79.9. The second-order valence-electron chi connectivity index (χ2n) is 3.37. The third kappa shape index (κ3) is 3.59. The summed E-state index contributed by atoms with van der Waals surface area (Å²) in [6.07, 6.45) is 1.82. The lowest BCUT2D eigenvalue weighted by Gasteiger charge is -2.07. The van der Waals surface area contributed by atoms with E-state index in [1.165, 1.54) is 5.56 Å². The monoisotopic (exact) mass is 275 g/mol. The lowest BCUT2D eigenvalue weighted by Crippen LogP contribution is -2.03. The molecule has 1 atom stereocenters. The van der Waals surface area contributed by atoms with Gasteiger partial charge in [-0.2, -0.15) is 0 Å². The number of thioether (sulfide) groups is 1. The second-order valence-corrected chi connectivity index (χ2v) is 5.27. The van der Waals surface area contributed by atoms with Crippen LogP contribution in [0.2, 0.25) is 0 Å². The van der Waals surface area contributed by atoms with Crippen molar-refractivity contribution in [3.05, 3.63) is 22.3 Å². The second kappa shape index (κ2) is 5.73. The molecule has 14 heavy (non-hydrogen) atoms. The third-order valence-corrected chi connectivity index (χ3v) is 3.93. The first kappa shape index (κ1) is 12.0. The molecule has 1 aromatic rings. The van der Waals surface area contributed by atoms with Crippen molar-refractivity contribution in [1.82, 2.24) is 4.98 Å². The lowest BCUT2D eigenvalue weighted by molar-refractivity contribution is 0.250. The Hall–Kier alpha value is -0.0600. The molecule has 0 amide bonds. The average Bonchev–Trinajstić information content (AvgIpc) is 2.19. The van der Waals surface area contributed by atoms with E-state index in [-0.39, 0.29) is 6.61 Å². The number of hydrogen-bond donors (Lipinski definition) is 1. The molecule has 0 saturated heterocycles. The fraction of sp³-hybridized carbons (Fsp3) is 0.500. The van der Waals surface area contributed by atoms with Crippen molar-refractivity contribution in [3.8, 4) is 0 Å². The molecule has 0 aromatic carbocycles. The number of nitrogens with zero attached hydrogens (tertiary/aromatic N) is 1. The molecular weight excluding hydrogens is 262 g/mol. The Bertz CT molecular complexity index is 306. The standard InChI is InChI=1S/C10H14BrNOS/c1-7(5-13)6-14-10-3-8(2)9(11)4-12-10/h3-4,7,13H,5-6H2,1-2H3. The van der Waals surface area contributed by atoms with E-state index in [2.05, 4.69) is 27.0 Å². The zero-order valence-electron chi connectivity index (χ0n) is 8.33. The number of aliphatic hydroxyl groups is 1. The van der Waals surface area contributed by atoms with Gasteiger partial charge in [-0.25, -0.2) is 4.98 Å². The van der Waals surface area contributed by atoms with Gasteiger partial charge in [0.1, 0.15) is 0 Å². The summed E-state index contributed by atoms with van der Waals surface area (Å²) >= 11 is 5.10. The molecule has 1 unspecified atom stereocenters. The van der Waals surface area contributed by atoms with E-state index in [1.54, 1.807) is 11.8 Å². The van der Waals surface area contributed by atoms with Crippen molar-refractivity contribution < 1.29 is 5.11 Å². The van der Waals surface area contributed by atoms with Crippen LogP contribution in [0, 0.1) is 12.8 Å². The van der Waals surface area contributed by atoms with Crippen LogP contribution in [0.25, 0.3) is 0 Å². The van der Waals surface area contributed by atoms with Crippen molar-refractivity contribution in [2.75, 3.05) is 12.4 Å². The molecule has 1 heterocycles. The summed E-state index contributed by atoms with van der Waals surface area (Å²) in [6, 6.07) is 2.05.